The molecule has 0 unspecified atom stereocenters. The van der Waals surface area contributed by atoms with Crippen LogP contribution < -0.4 is 0 Å². The Hall–Kier alpha value is -2.35. The summed E-state index contributed by atoms with van der Waals surface area (Å²) in [5, 5.41) is 13.8. The van der Waals surface area contributed by atoms with Gasteiger partial charge in [0.2, 0.25) is 5.82 Å². The standard InChI is InChI=1S/C12H10N4O3S/c1-7-5-9(20-6-10(17)18)16-12(13-7)14-11(15-16)8-3-2-4-19-8/h2-5H,6H2,1H3,(H,17,18). The van der Waals surface area contributed by atoms with Crippen molar-refractivity contribution in [2.45, 2.75) is 11.9 Å². The van der Waals surface area contributed by atoms with Gasteiger partial charge >= 0.3 is 5.97 Å². The molecular formula is C12H10N4O3S. The number of nitrogens with zero attached hydrogens (tertiary/aromatic N) is 4. The van der Waals surface area contributed by atoms with Crippen LogP contribution >= 0.6 is 11.8 Å². The van der Waals surface area contributed by atoms with E-state index in [0.717, 1.165) is 5.69 Å². The highest BCUT2D eigenvalue weighted by Gasteiger charge is 2.14. The molecule has 8 heteroatoms. The first-order valence-corrected chi connectivity index (χ1v) is 6.75. The van der Waals surface area contributed by atoms with E-state index in [2.05, 4.69) is 15.1 Å². The zero-order chi connectivity index (χ0) is 14.1. The molecule has 0 aliphatic heterocycles. The van der Waals surface area contributed by atoms with Gasteiger partial charge in [-0.25, -0.2) is 4.98 Å². The molecule has 7 nitrogen and oxygen atoms in total. The van der Waals surface area contributed by atoms with Crippen molar-refractivity contribution in [3.63, 3.8) is 0 Å². The summed E-state index contributed by atoms with van der Waals surface area (Å²) in [7, 11) is 0. The Bertz CT molecular complexity index is 766. The van der Waals surface area contributed by atoms with E-state index in [-0.39, 0.29) is 5.75 Å². The average molecular weight is 290 g/mol. The minimum absolute atomic E-state index is 0.0471. The summed E-state index contributed by atoms with van der Waals surface area (Å²) in [6.07, 6.45) is 1.54. The average Bonchev–Trinajstić information content (AvgIpc) is 3.03. The van der Waals surface area contributed by atoms with Crippen LogP contribution in [0.25, 0.3) is 17.4 Å². The van der Waals surface area contributed by atoms with Crippen LogP contribution in [0.15, 0.2) is 33.9 Å². The van der Waals surface area contributed by atoms with E-state index in [9.17, 15) is 4.79 Å². The highest BCUT2D eigenvalue weighted by Crippen LogP contribution is 2.22. The lowest BCUT2D eigenvalue weighted by molar-refractivity contribution is -0.133. The van der Waals surface area contributed by atoms with Crippen LogP contribution in [-0.4, -0.2) is 36.4 Å². The molecular weight excluding hydrogens is 280 g/mol. The molecule has 0 aliphatic rings. The van der Waals surface area contributed by atoms with Crippen molar-refractivity contribution in [2.24, 2.45) is 0 Å². The Morgan fingerprint density at radius 1 is 1.50 bits per heavy atom. The molecule has 0 bridgehead atoms. The van der Waals surface area contributed by atoms with Crippen molar-refractivity contribution in [3.05, 3.63) is 30.2 Å². The van der Waals surface area contributed by atoms with E-state index in [0.29, 0.717) is 22.4 Å². The van der Waals surface area contributed by atoms with Gasteiger partial charge in [0.05, 0.1) is 12.0 Å². The number of hydrogen-bond acceptors (Lipinski definition) is 6. The quantitative estimate of drug-likeness (QED) is 0.579. The molecule has 0 radical (unpaired) electrons. The number of carboxylic acids is 1. The number of aromatic nitrogens is 4. The van der Waals surface area contributed by atoms with Crippen LogP contribution in [0.4, 0.5) is 0 Å². The van der Waals surface area contributed by atoms with Crippen molar-refractivity contribution < 1.29 is 14.3 Å². The first-order valence-electron chi connectivity index (χ1n) is 5.76. The summed E-state index contributed by atoms with van der Waals surface area (Å²) in [6, 6.07) is 5.28. The molecule has 20 heavy (non-hydrogen) atoms. The number of carboxylic acid groups (broad SMARTS) is 1. The van der Waals surface area contributed by atoms with E-state index in [1.807, 2.05) is 6.92 Å². The Balaban J connectivity index is 2.08. The predicted molar refractivity (Wildman–Crippen MR) is 71.6 cm³/mol. The molecule has 3 rings (SSSR count). The first kappa shape index (κ1) is 12.7. The fourth-order valence-electron chi connectivity index (χ4n) is 1.70. The fourth-order valence-corrected chi connectivity index (χ4v) is 2.47. The molecule has 0 amide bonds. The highest BCUT2D eigenvalue weighted by atomic mass is 32.2. The minimum atomic E-state index is -0.885. The van der Waals surface area contributed by atoms with Gasteiger partial charge in [-0.05, 0) is 25.1 Å². The second-order valence-electron chi connectivity index (χ2n) is 4.04. The number of furan rings is 1. The predicted octanol–water partition coefficient (Wildman–Crippen LogP) is 1.87. The summed E-state index contributed by atoms with van der Waals surface area (Å²) >= 11 is 1.17. The van der Waals surface area contributed by atoms with E-state index in [1.165, 1.54) is 16.3 Å². The van der Waals surface area contributed by atoms with Gasteiger partial charge in [-0.2, -0.15) is 9.50 Å². The third-order valence-corrected chi connectivity index (χ3v) is 3.47. The maximum absolute atomic E-state index is 10.7. The number of hydrogen-bond donors (Lipinski definition) is 1. The monoisotopic (exact) mass is 290 g/mol. The van der Waals surface area contributed by atoms with Crippen molar-refractivity contribution in [1.82, 2.24) is 19.6 Å². The first-order chi connectivity index (χ1) is 9.63. The van der Waals surface area contributed by atoms with E-state index >= 15 is 0 Å². The molecule has 0 atom stereocenters. The zero-order valence-corrected chi connectivity index (χ0v) is 11.3. The molecule has 0 spiro atoms. The Morgan fingerprint density at radius 2 is 2.35 bits per heavy atom. The Kier molecular flexibility index (Phi) is 3.15. The zero-order valence-electron chi connectivity index (χ0n) is 10.5. The van der Waals surface area contributed by atoms with Crippen molar-refractivity contribution in [2.75, 3.05) is 5.75 Å². The van der Waals surface area contributed by atoms with Gasteiger partial charge in [0.15, 0.2) is 5.76 Å². The van der Waals surface area contributed by atoms with Crippen molar-refractivity contribution in [3.8, 4) is 11.6 Å². The van der Waals surface area contributed by atoms with Gasteiger partial charge in [-0.3, -0.25) is 4.79 Å². The summed E-state index contributed by atoms with van der Waals surface area (Å²) in [4.78, 5) is 19.3. The molecule has 3 aromatic rings. The molecule has 0 fully saturated rings. The molecule has 0 saturated heterocycles. The number of fused-ring (bicyclic) bond motifs is 1. The number of thioether (sulfide) groups is 1. The fraction of sp³-hybridized carbons (Fsp3) is 0.167. The van der Waals surface area contributed by atoms with Crippen LogP contribution in [0.2, 0.25) is 0 Å². The van der Waals surface area contributed by atoms with E-state index in [1.54, 1.807) is 24.5 Å². The maximum atomic E-state index is 10.7. The SMILES string of the molecule is Cc1cc(SCC(=O)O)n2nc(-c3ccco3)nc2n1. The van der Waals surface area contributed by atoms with Gasteiger partial charge in [0.1, 0.15) is 5.03 Å². The summed E-state index contributed by atoms with van der Waals surface area (Å²) in [6.45, 7) is 1.83. The molecule has 0 saturated carbocycles. The lowest BCUT2D eigenvalue weighted by Gasteiger charge is -2.02. The van der Waals surface area contributed by atoms with Crippen molar-refractivity contribution >= 4 is 23.5 Å². The van der Waals surface area contributed by atoms with Crippen LogP contribution in [0.1, 0.15) is 5.69 Å². The third kappa shape index (κ3) is 2.37. The number of rotatable bonds is 4. The van der Waals surface area contributed by atoms with Gasteiger partial charge in [0, 0.05) is 5.69 Å². The largest absolute Gasteiger partial charge is 0.481 e. The van der Waals surface area contributed by atoms with Crippen LogP contribution in [0, 0.1) is 6.92 Å². The van der Waals surface area contributed by atoms with Crippen LogP contribution in [-0.2, 0) is 4.79 Å². The van der Waals surface area contributed by atoms with Crippen molar-refractivity contribution in [1.29, 1.82) is 0 Å². The van der Waals surface area contributed by atoms with E-state index in [4.69, 9.17) is 9.52 Å². The Labute approximate surface area is 117 Å². The normalized spacial score (nSPS) is 11.1. The summed E-state index contributed by atoms with van der Waals surface area (Å²) in [5.41, 5.74) is 0.754. The van der Waals surface area contributed by atoms with Crippen LogP contribution in [0.3, 0.4) is 0 Å². The molecule has 3 aromatic heterocycles. The van der Waals surface area contributed by atoms with Gasteiger partial charge < -0.3 is 9.52 Å². The summed E-state index contributed by atoms with van der Waals surface area (Å²) in [5.74, 6) is 0.454. The second-order valence-corrected chi connectivity index (χ2v) is 5.04. The highest BCUT2D eigenvalue weighted by molar-refractivity contribution is 7.99. The number of aliphatic carboxylic acids is 1. The van der Waals surface area contributed by atoms with Gasteiger partial charge in [-0.15, -0.1) is 5.10 Å². The lowest BCUT2D eigenvalue weighted by atomic mass is 10.4. The lowest BCUT2D eigenvalue weighted by Crippen LogP contribution is -2.02. The third-order valence-electron chi connectivity index (χ3n) is 2.49. The molecule has 102 valence electrons. The molecule has 3 heterocycles. The topological polar surface area (TPSA) is 93.5 Å². The minimum Gasteiger partial charge on any atom is -0.481 e. The maximum Gasteiger partial charge on any atom is 0.313 e. The molecule has 1 N–H and O–H groups in total. The molecule has 0 aromatic carbocycles. The van der Waals surface area contributed by atoms with Gasteiger partial charge in [0.25, 0.3) is 5.78 Å². The summed E-state index contributed by atoms with van der Waals surface area (Å²) < 4.78 is 6.78. The molecule has 0 aliphatic carbocycles. The van der Waals surface area contributed by atoms with Crippen LogP contribution in [0.5, 0.6) is 0 Å². The number of carbonyl (C=O) groups is 1. The number of aryl methyl sites for hydroxylation is 1. The van der Waals surface area contributed by atoms with E-state index < -0.39 is 5.97 Å². The smallest absolute Gasteiger partial charge is 0.313 e. The Morgan fingerprint density at radius 3 is 3.05 bits per heavy atom. The van der Waals surface area contributed by atoms with Gasteiger partial charge in [-0.1, -0.05) is 11.8 Å². The second kappa shape index (κ2) is 4.97.